The van der Waals surface area contributed by atoms with E-state index in [1.54, 1.807) is 30.2 Å². The maximum atomic E-state index is 5.34. The molecule has 1 heterocycles. The number of thiazole rings is 1. The molecular weight excluding hydrogens is 318 g/mol. The number of halogens is 1. The molecule has 0 saturated carbocycles. The average molecular weight is 330 g/mol. The lowest BCUT2D eigenvalue weighted by atomic mass is 10.2. The molecule has 0 fully saturated rings. The molecule has 1 aromatic carbocycles. The molecule has 0 bridgehead atoms. The lowest BCUT2D eigenvalue weighted by Gasteiger charge is -2.07. The van der Waals surface area contributed by atoms with Gasteiger partial charge in [0.2, 0.25) is 0 Å². The van der Waals surface area contributed by atoms with Crippen molar-refractivity contribution in [3.05, 3.63) is 39.3 Å². The smallest absolute Gasteiger partial charge is 0.150 e. The summed E-state index contributed by atoms with van der Waals surface area (Å²) in [6.45, 7) is 2.01. The second-order valence-corrected chi connectivity index (χ2v) is 6.50. The van der Waals surface area contributed by atoms with Crippen LogP contribution in [0, 0.1) is 6.92 Å². The Morgan fingerprint density at radius 2 is 2.29 bits per heavy atom. The number of ether oxygens (including phenoxy) is 1. The first-order valence-electron chi connectivity index (χ1n) is 5.06. The van der Waals surface area contributed by atoms with Crippen molar-refractivity contribution < 1.29 is 4.74 Å². The van der Waals surface area contributed by atoms with Crippen molar-refractivity contribution in [2.75, 3.05) is 7.11 Å². The van der Waals surface area contributed by atoms with Gasteiger partial charge in [-0.25, -0.2) is 4.98 Å². The van der Waals surface area contributed by atoms with Gasteiger partial charge < -0.3 is 4.74 Å². The fourth-order valence-corrected chi connectivity index (χ4v) is 3.63. The topological polar surface area (TPSA) is 22.1 Å². The fraction of sp³-hybridized carbons (Fsp3) is 0.250. The number of aromatic nitrogens is 1. The summed E-state index contributed by atoms with van der Waals surface area (Å²) in [6, 6.07) is 6.06. The van der Waals surface area contributed by atoms with E-state index in [0.717, 1.165) is 26.0 Å². The summed E-state index contributed by atoms with van der Waals surface area (Å²) in [5.74, 6) is 1.80. The van der Waals surface area contributed by atoms with Crippen LogP contribution in [0.25, 0.3) is 0 Å². The molecule has 0 aliphatic heterocycles. The number of aryl methyl sites for hydroxylation is 1. The van der Waals surface area contributed by atoms with Gasteiger partial charge in [-0.3, -0.25) is 0 Å². The van der Waals surface area contributed by atoms with Crippen molar-refractivity contribution in [1.29, 1.82) is 0 Å². The average Bonchev–Trinajstić information content (AvgIpc) is 2.73. The number of hydrogen-bond donors (Lipinski definition) is 0. The van der Waals surface area contributed by atoms with E-state index in [9.17, 15) is 0 Å². The lowest BCUT2D eigenvalue weighted by molar-refractivity contribution is 0.411. The number of thioether (sulfide) groups is 1. The van der Waals surface area contributed by atoms with Crippen LogP contribution in [0.4, 0.5) is 0 Å². The summed E-state index contributed by atoms with van der Waals surface area (Å²) in [5.41, 5.74) is 2.26. The van der Waals surface area contributed by atoms with E-state index in [1.807, 2.05) is 19.1 Å². The van der Waals surface area contributed by atoms with E-state index in [1.165, 1.54) is 5.56 Å². The van der Waals surface area contributed by atoms with Crippen molar-refractivity contribution in [1.82, 2.24) is 4.98 Å². The predicted octanol–water partition coefficient (Wildman–Crippen LogP) is 4.51. The first-order valence-corrected chi connectivity index (χ1v) is 7.72. The highest BCUT2D eigenvalue weighted by Gasteiger charge is 2.06. The molecule has 2 rings (SSSR count). The molecule has 0 unspecified atom stereocenters. The number of hydrogen-bond acceptors (Lipinski definition) is 4. The largest absolute Gasteiger partial charge is 0.496 e. The number of nitrogens with zero attached hydrogens (tertiary/aromatic N) is 1. The third-order valence-electron chi connectivity index (χ3n) is 2.19. The molecule has 0 atom stereocenters. The van der Waals surface area contributed by atoms with E-state index < -0.39 is 0 Å². The van der Waals surface area contributed by atoms with Crippen molar-refractivity contribution in [2.24, 2.45) is 0 Å². The molecule has 2 aromatic rings. The number of rotatable bonds is 4. The summed E-state index contributed by atoms with van der Waals surface area (Å²) >= 11 is 6.90. The molecular formula is C12H12BrNOS2. The Labute approximate surface area is 118 Å². The zero-order valence-electron chi connectivity index (χ0n) is 9.57. The molecule has 0 saturated heterocycles. The third-order valence-corrected chi connectivity index (χ3v) is 4.87. The van der Waals surface area contributed by atoms with Crippen LogP contribution in [0.3, 0.4) is 0 Å². The maximum absolute atomic E-state index is 5.34. The van der Waals surface area contributed by atoms with Gasteiger partial charge in [0.05, 0.1) is 7.11 Å². The molecule has 0 amide bonds. The molecule has 0 radical (unpaired) electrons. The van der Waals surface area contributed by atoms with Crippen LogP contribution >= 0.6 is 39.0 Å². The molecule has 0 aliphatic rings. The molecule has 5 heteroatoms. The Kier molecular flexibility index (Phi) is 4.48. The summed E-state index contributed by atoms with van der Waals surface area (Å²) < 4.78 is 7.52. The summed E-state index contributed by atoms with van der Waals surface area (Å²) in [4.78, 5) is 4.43. The van der Waals surface area contributed by atoms with Crippen molar-refractivity contribution in [3.63, 3.8) is 0 Å². The second-order valence-electron chi connectivity index (χ2n) is 3.50. The summed E-state index contributed by atoms with van der Waals surface area (Å²) in [5, 5.41) is 2.07. The monoisotopic (exact) mass is 329 g/mol. The maximum Gasteiger partial charge on any atom is 0.150 e. The molecule has 1 aromatic heterocycles. The lowest BCUT2D eigenvalue weighted by Crippen LogP contribution is -1.90. The van der Waals surface area contributed by atoms with Gasteiger partial charge in [0, 0.05) is 26.9 Å². The van der Waals surface area contributed by atoms with Gasteiger partial charge in [0.1, 0.15) is 10.1 Å². The fourth-order valence-electron chi connectivity index (χ4n) is 1.40. The highest BCUT2D eigenvalue weighted by atomic mass is 79.9. The first kappa shape index (κ1) is 12.9. The van der Waals surface area contributed by atoms with Crippen LogP contribution < -0.4 is 4.74 Å². The minimum absolute atomic E-state index is 0.871. The second kappa shape index (κ2) is 5.89. The van der Waals surface area contributed by atoms with Crippen molar-refractivity contribution >= 4 is 39.0 Å². The van der Waals surface area contributed by atoms with E-state index >= 15 is 0 Å². The van der Waals surface area contributed by atoms with Crippen molar-refractivity contribution in [2.45, 2.75) is 17.0 Å². The molecule has 0 spiro atoms. The van der Waals surface area contributed by atoms with Gasteiger partial charge in [-0.2, -0.15) is 0 Å². The molecule has 0 aliphatic carbocycles. The molecule has 90 valence electrons. The number of methoxy groups -OCH3 is 1. The van der Waals surface area contributed by atoms with Crippen LogP contribution in [0.1, 0.15) is 11.3 Å². The molecule has 2 nitrogen and oxygen atoms in total. The van der Waals surface area contributed by atoms with Gasteiger partial charge in [0.15, 0.2) is 0 Å². The van der Waals surface area contributed by atoms with E-state index in [-0.39, 0.29) is 0 Å². The van der Waals surface area contributed by atoms with Crippen LogP contribution in [0.2, 0.25) is 0 Å². The quantitative estimate of drug-likeness (QED) is 0.770. The van der Waals surface area contributed by atoms with E-state index in [4.69, 9.17) is 4.74 Å². The molecule has 17 heavy (non-hydrogen) atoms. The standard InChI is InChI=1S/C12H12BrNOS2/c1-8-6-16-12(14-8)17-7-9-5-10(13)3-4-11(9)15-2/h3-6H,7H2,1-2H3. The van der Waals surface area contributed by atoms with Crippen LogP contribution in [0.5, 0.6) is 5.75 Å². The summed E-state index contributed by atoms with van der Waals surface area (Å²) in [7, 11) is 1.70. The Morgan fingerprint density at radius 1 is 1.47 bits per heavy atom. The van der Waals surface area contributed by atoms with E-state index in [0.29, 0.717) is 0 Å². The Bertz CT molecular complexity index is 513. The third kappa shape index (κ3) is 3.47. The minimum Gasteiger partial charge on any atom is -0.496 e. The highest BCUT2D eigenvalue weighted by molar-refractivity contribution is 9.10. The Hall–Kier alpha value is -0.520. The highest BCUT2D eigenvalue weighted by Crippen LogP contribution is 2.31. The predicted molar refractivity (Wildman–Crippen MR) is 77.1 cm³/mol. The van der Waals surface area contributed by atoms with Gasteiger partial charge in [-0.15, -0.1) is 11.3 Å². The van der Waals surface area contributed by atoms with Crippen LogP contribution in [-0.4, -0.2) is 12.1 Å². The molecule has 0 N–H and O–H groups in total. The SMILES string of the molecule is COc1ccc(Br)cc1CSc1nc(C)cs1. The Balaban J connectivity index is 2.10. The normalized spacial score (nSPS) is 10.5. The summed E-state index contributed by atoms with van der Waals surface area (Å²) in [6.07, 6.45) is 0. The van der Waals surface area contributed by atoms with Gasteiger partial charge in [-0.1, -0.05) is 27.7 Å². The van der Waals surface area contributed by atoms with Gasteiger partial charge >= 0.3 is 0 Å². The zero-order valence-corrected chi connectivity index (χ0v) is 12.8. The zero-order chi connectivity index (χ0) is 12.3. The van der Waals surface area contributed by atoms with Crippen molar-refractivity contribution in [3.8, 4) is 5.75 Å². The van der Waals surface area contributed by atoms with Gasteiger partial charge in [0.25, 0.3) is 0 Å². The van der Waals surface area contributed by atoms with E-state index in [2.05, 4.69) is 32.4 Å². The van der Waals surface area contributed by atoms with Crippen LogP contribution in [0.15, 0.2) is 32.4 Å². The minimum atomic E-state index is 0.871. The first-order chi connectivity index (χ1) is 8.19. The van der Waals surface area contributed by atoms with Crippen LogP contribution in [-0.2, 0) is 5.75 Å². The Morgan fingerprint density at radius 3 is 2.94 bits per heavy atom. The van der Waals surface area contributed by atoms with Gasteiger partial charge in [-0.05, 0) is 25.1 Å². The number of benzene rings is 1.